The van der Waals surface area contributed by atoms with E-state index in [4.69, 9.17) is 0 Å². The third-order valence-electron chi connectivity index (χ3n) is 5.68. The minimum atomic E-state index is 0.0909. The van der Waals surface area contributed by atoms with Crippen LogP contribution in [0.25, 0.3) is 0 Å². The van der Waals surface area contributed by atoms with E-state index in [9.17, 15) is 4.79 Å². The molecule has 1 heterocycles. The smallest absolute Gasteiger partial charge is 0.241 e. The zero-order valence-corrected chi connectivity index (χ0v) is 14.4. The molecule has 3 aliphatic rings. The molecule has 0 aromatic rings. The molecule has 0 radical (unpaired) electrons. The molecule has 1 aliphatic heterocycles. The summed E-state index contributed by atoms with van der Waals surface area (Å²) < 4.78 is 0.383. The van der Waals surface area contributed by atoms with Gasteiger partial charge in [-0.1, -0.05) is 32.6 Å². The standard InChI is InChI=1S/C17H30N2OS/c1-3-4-9-14-16(20)19(12-17(21-2)10-11-17)15(18-14)13-7-5-6-8-13/h13-15,18H,3-12H2,1-2H3. The molecule has 4 heteroatoms. The van der Waals surface area contributed by atoms with Crippen molar-refractivity contribution < 1.29 is 4.79 Å². The van der Waals surface area contributed by atoms with Crippen LogP contribution in [0.4, 0.5) is 0 Å². The Labute approximate surface area is 133 Å². The first kappa shape index (κ1) is 15.7. The van der Waals surface area contributed by atoms with E-state index in [1.165, 1.54) is 44.9 Å². The number of thioether (sulfide) groups is 1. The monoisotopic (exact) mass is 310 g/mol. The predicted octanol–water partition coefficient (Wildman–Crippen LogP) is 3.39. The van der Waals surface area contributed by atoms with Gasteiger partial charge in [-0.25, -0.2) is 0 Å². The van der Waals surface area contributed by atoms with Crippen LogP contribution in [0.2, 0.25) is 0 Å². The molecule has 3 rings (SSSR count). The molecule has 0 bridgehead atoms. The zero-order chi connectivity index (χ0) is 14.9. The number of hydrogen-bond acceptors (Lipinski definition) is 3. The van der Waals surface area contributed by atoms with Crippen molar-refractivity contribution in [2.75, 3.05) is 12.8 Å². The lowest BCUT2D eigenvalue weighted by Gasteiger charge is -2.31. The molecule has 0 spiro atoms. The van der Waals surface area contributed by atoms with Crippen LogP contribution in [-0.4, -0.2) is 40.6 Å². The van der Waals surface area contributed by atoms with E-state index in [0.717, 1.165) is 19.4 Å². The molecule has 1 amide bonds. The summed E-state index contributed by atoms with van der Waals surface area (Å²) in [5.74, 6) is 1.08. The van der Waals surface area contributed by atoms with Gasteiger partial charge in [0.05, 0.1) is 12.2 Å². The van der Waals surface area contributed by atoms with Gasteiger partial charge in [-0.15, -0.1) is 0 Å². The second-order valence-electron chi connectivity index (χ2n) is 7.20. The third kappa shape index (κ3) is 3.26. The highest BCUT2D eigenvalue weighted by molar-refractivity contribution is 8.00. The van der Waals surface area contributed by atoms with Crippen LogP contribution < -0.4 is 5.32 Å². The Morgan fingerprint density at radius 1 is 1.33 bits per heavy atom. The number of amides is 1. The Morgan fingerprint density at radius 3 is 2.62 bits per heavy atom. The highest BCUT2D eigenvalue weighted by Crippen LogP contribution is 2.49. The molecule has 2 unspecified atom stereocenters. The van der Waals surface area contributed by atoms with Crippen molar-refractivity contribution >= 4 is 17.7 Å². The Balaban J connectivity index is 1.70. The average Bonchev–Trinajstić information content (AvgIpc) is 2.93. The molecule has 0 aromatic carbocycles. The third-order valence-corrected chi connectivity index (χ3v) is 7.08. The molecule has 3 fully saturated rings. The van der Waals surface area contributed by atoms with Crippen LogP contribution in [0, 0.1) is 5.92 Å². The predicted molar refractivity (Wildman–Crippen MR) is 89.4 cm³/mol. The first-order valence-corrected chi connectivity index (χ1v) is 10.0. The maximum atomic E-state index is 12.9. The number of carbonyl (C=O) groups excluding carboxylic acids is 1. The van der Waals surface area contributed by atoms with Gasteiger partial charge in [0.2, 0.25) is 5.91 Å². The van der Waals surface area contributed by atoms with Crippen molar-refractivity contribution in [3.8, 4) is 0 Å². The molecular formula is C17H30N2OS. The van der Waals surface area contributed by atoms with Crippen LogP contribution in [0.1, 0.15) is 64.7 Å². The summed E-state index contributed by atoms with van der Waals surface area (Å²) in [7, 11) is 0. The van der Waals surface area contributed by atoms with E-state index in [0.29, 0.717) is 22.7 Å². The fourth-order valence-corrected chi connectivity index (χ4v) is 4.81. The minimum Gasteiger partial charge on any atom is -0.324 e. The van der Waals surface area contributed by atoms with E-state index in [-0.39, 0.29) is 6.04 Å². The summed E-state index contributed by atoms with van der Waals surface area (Å²) >= 11 is 1.97. The molecule has 2 aliphatic carbocycles. The number of rotatable bonds is 7. The van der Waals surface area contributed by atoms with Crippen molar-refractivity contribution in [1.29, 1.82) is 0 Å². The first-order chi connectivity index (χ1) is 10.2. The van der Waals surface area contributed by atoms with Gasteiger partial charge in [0.1, 0.15) is 0 Å². The Hall–Kier alpha value is -0.220. The number of unbranched alkanes of at least 4 members (excludes halogenated alkanes) is 1. The fourth-order valence-electron chi connectivity index (χ4n) is 4.04. The lowest BCUT2D eigenvalue weighted by Crippen LogP contribution is -2.45. The number of hydrogen-bond donors (Lipinski definition) is 1. The van der Waals surface area contributed by atoms with Crippen molar-refractivity contribution in [1.82, 2.24) is 10.2 Å². The summed E-state index contributed by atoms with van der Waals surface area (Å²) in [4.78, 5) is 15.1. The first-order valence-electron chi connectivity index (χ1n) is 8.81. The van der Waals surface area contributed by atoms with Gasteiger partial charge in [0.25, 0.3) is 0 Å². The number of carbonyl (C=O) groups is 1. The van der Waals surface area contributed by atoms with Crippen LogP contribution in [0.3, 0.4) is 0 Å². The quantitative estimate of drug-likeness (QED) is 0.782. The van der Waals surface area contributed by atoms with Crippen molar-refractivity contribution in [2.45, 2.75) is 81.7 Å². The summed E-state index contributed by atoms with van der Waals surface area (Å²) in [6.07, 6.45) is 13.7. The Bertz CT molecular complexity index is 377. The van der Waals surface area contributed by atoms with Crippen LogP contribution in [0.5, 0.6) is 0 Å². The number of nitrogens with one attached hydrogen (secondary N) is 1. The van der Waals surface area contributed by atoms with E-state index >= 15 is 0 Å². The Kier molecular flexibility index (Phi) is 4.84. The SMILES string of the molecule is CCCCC1NC(C2CCCC2)N(CC2(SC)CC2)C1=O. The zero-order valence-electron chi connectivity index (χ0n) is 13.6. The molecule has 3 nitrogen and oxygen atoms in total. The highest BCUT2D eigenvalue weighted by atomic mass is 32.2. The van der Waals surface area contributed by atoms with E-state index in [1.807, 2.05) is 11.8 Å². The topological polar surface area (TPSA) is 32.3 Å². The second kappa shape index (κ2) is 6.49. The van der Waals surface area contributed by atoms with Gasteiger partial charge in [-0.2, -0.15) is 11.8 Å². The van der Waals surface area contributed by atoms with Crippen LogP contribution in [-0.2, 0) is 4.79 Å². The molecule has 1 N–H and O–H groups in total. The normalized spacial score (nSPS) is 32.1. The van der Waals surface area contributed by atoms with Crippen LogP contribution in [0.15, 0.2) is 0 Å². The summed E-state index contributed by atoms with van der Waals surface area (Å²) in [6.45, 7) is 3.18. The maximum absolute atomic E-state index is 12.9. The van der Waals surface area contributed by atoms with Gasteiger partial charge >= 0.3 is 0 Å². The van der Waals surface area contributed by atoms with Crippen LogP contribution >= 0.6 is 11.8 Å². The van der Waals surface area contributed by atoms with Crippen molar-refractivity contribution in [3.63, 3.8) is 0 Å². The lowest BCUT2D eigenvalue weighted by molar-refractivity contribution is -0.130. The molecule has 0 aromatic heterocycles. The molecular weight excluding hydrogens is 280 g/mol. The highest BCUT2D eigenvalue weighted by Gasteiger charge is 2.50. The van der Waals surface area contributed by atoms with E-state index in [2.05, 4.69) is 23.4 Å². The summed E-state index contributed by atoms with van der Waals surface area (Å²) in [5, 5.41) is 3.71. The lowest BCUT2D eigenvalue weighted by atomic mass is 10.0. The molecule has 120 valence electrons. The van der Waals surface area contributed by atoms with Crippen molar-refractivity contribution in [2.24, 2.45) is 5.92 Å². The molecule has 21 heavy (non-hydrogen) atoms. The minimum absolute atomic E-state index is 0.0909. The average molecular weight is 311 g/mol. The van der Waals surface area contributed by atoms with Gasteiger partial charge in [0, 0.05) is 11.3 Å². The Morgan fingerprint density at radius 2 is 2.05 bits per heavy atom. The molecule has 2 atom stereocenters. The molecule has 2 saturated carbocycles. The van der Waals surface area contributed by atoms with Gasteiger partial charge in [0.15, 0.2) is 0 Å². The fraction of sp³-hybridized carbons (Fsp3) is 0.941. The maximum Gasteiger partial charge on any atom is 0.241 e. The van der Waals surface area contributed by atoms with Gasteiger partial charge in [-0.3, -0.25) is 10.1 Å². The largest absolute Gasteiger partial charge is 0.324 e. The number of nitrogens with zero attached hydrogens (tertiary/aromatic N) is 1. The van der Waals surface area contributed by atoms with E-state index in [1.54, 1.807) is 0 Å². The van der Waals surface area contributed by atoms with Gasteiger partial charge in [-0.05, 0) is 44.3 Å². The second-order valence-corrected chi connectivity index (χ2v) is 8.48. The summed E-state index contributed by atoms with van der Waals surface area (Å²) in [5.41, 5.74) is 0. The summed E-state index contributed by atoms with van der Waals surface area (Å²) in [6, 6.07) is 0.0909. The van der Waals surface area contributed by atoms with Crippen molar-refractivity contribution in [3.05, 3.63) is 0 Å². The molecule has 1 saturated heterocycles. The van der Waals surface area contributed by atoms with Gasteiger partial charge < -0.3 is 4.90 Å². The van der Waals surface area contributed by atoms with E-state index < -0.39 is 0 Å².